The van der Waals surface area contributed by atoms with E-state index in [0.717, 1.165) is 38.9 Å². The van der Waals surface area contributed by atoms with Crippen molar-refractivity contribution in [1.29, 1.82) is 0 Å². The molecule has 3 aliphatic heterocycles. The number of piperazine rings is 1. The van der Waals surface area contributed by atoms with Gasteiger partial charge in [-0.25, -0.2) is 9.37 Å². The Balaban J connectivity index is 0.966. The minimum absolute atomic E-state index is 0.000193. The van der Waals surface area contributed by atoms with Crippen LogP contribution in [0.15, 0.2) is 91.4 Å². The van der Waals surface area contributed by atoms with Gasteiger partial charge in [0.15, 0.2) is 5.82 Å². The Kier molecular flexibility index (Phi) is 11.4. The normalized spacial score (nSPS) is 16.5. The monoisotopic (exact) mass is 916 g/mol. The number of piperidine rings is 1. The zero-order valence-corrected chi connectivity index (χ0v) is 37.4. The van der Waals surface area contributed by atoms with Gasteiger partial charge in [-0.2, -0.15) is 10.1 Å². The quantitative estimate of drug-likeness (QED) is 0.0911. The lowest BCUT2D eigenvalue weighted by Crippen LogP contribution is -2.54. The fraction of sp³-hybridized carbons (Fsp3) is 0.239. The Hall–Kier alpha value is -7.10. The molecule has 3 N–H and O–H groups in total. The predicted molar refractivity (Wildman–Crippen MR) is 247 cm³/mol. The second kappa shape index (κ2) is 17.1. The predicted octanol–water partition coefficient (Wildman–Crippen LogP) is 6.81. The maximum Gasteiger partial charge on any atom is 0.262 e. The van der Waals surface area contributed by atoms with Crippen molar-refractivity contribution in [3.63, 3.8) is 0 Å². The first-order chi connectivity index (χ1) is 31.2. The molecule has 9 rings (SSSR count). The minimum Gasteiger partial charge on any atom is -0.494 e. The lowest BCUT2D eigenvalue weighted by molar-refractivity contribution is -0.136. The van der Waals surface area contributed by atoms with E-state index in [0.29, 0.717) is 54.4 Å². The van der Waals surface area contributed by atoms with Crippen molar-refractivity contribution in [3.05, 3.63) is 113 Å². The van der Waals surface area contributed by atoms with Crippen LogP contribution in [0.1, 0.15) is 33.6 Å². The zero-order valence-electron chi connectivity index (χ0n) is 35.8. The first-order valence-electron chi connectivity index (χ1n) is 20.7. The molecule has 4 aromatic carbocycles. The third-order valence-electron chi connectivity index (χ3n) is 11.7. The van der Waals surface area contributed by atoms with Crippen LogP contribution in [-0.2, 0) is 21.2 Å². The van der Waals surface area contributed by atoms with Crippen molar-refractivity contribution in [2.24, 2.45) is 7.05 Å². The molecule has 65 heavy (non-hydrogen) atoms. The maximum atomic E-state index is 15.8. The van der Waals surface area contributed by atoms with Crippen LogP contribution in [-0.4, -0.2) is 101 Å². The molecule has 0 spiro atoms. The van der Waals surface area contributed by atoms with Crippen LogP contribution in [0.4, 0.5) is 38.9 Å². The summed E-state index contributed by atoms with van der Waals surface area (Å²) < 4.78 is 37.0. The molecule has 6 aromatic rings. The summed E-state index contributed by atoms with van der Waals surface area (Å²) in [5.41, 5.74) is 5.58. The number of aromatic nitrogens is 4. The largest absolute Gasteiger partial charge is 0.494 e. The van der Waals surface area contributed by atoms with E-state index < -0.39 is 42.6 Å². The van der Waals surface area contributed by atoms with Crippen LogP contribution in [0.25, 0.3) is 22.3 Å². The third kappa shape index (κ3) is 8.40. The van der Waals surface area contributed by atoms with E-state index in [1.54, 1.807) is 31.3 Å². The number of hydrogen-bond donors (Lipinski definition) is 3. The van der Waals surface area contributed by atoms with Crippen molar-refractivity contribution in [2.45, 2.75) is 18.9 Å². The van der Waals surface area contributed by atoms with Crippen molar-refractivity contribution >= 4 is 82.2 Å². The standard InChI is InChI=1S/C46H43ClFN10O6P/c1-55-25-28(23-50-55)29-20-35(52-46-49-24-32(47)42(54-46)51-34-11-10-27(18-40(34)65(3,4)63)26-8-6-5-7-9-26)39(64-2)22-37(29)56-14-16-57(17-15-56)38-21-31-30(19-33(38)48)44(61)58(45(31)62)36-12-13-41(59)53-43(36)60/h5-11,18-25,36H,12-17H2,1-4H3,(H,53,59,60)(H2,49,51,52,54). The van der Waals surface area contributed by atoms with Gasteiger partial charge in [-0.15, -0.1) is 0 Å². The number of carbonyl (C=O) groups is 4. The molecular formula is C46H43ClFN10O6P. The molecule has 4 amide bonds. The Morgan fingerprint density at radius 1 is 0.815 bits per heavy atom. The van der Waals surface area contributed by atoms with Crippen LogP contribution in [0.5, 0.6) is 5.75 Å². The van der Waals surface area contributed by atoms with Crippen molar-refractivity contribution < 1.29 is 32.9 Å². The van der Waals surface area contributed by atoms with Crippen LogP contribution in [0.2, 0.25) is 5.02 Å². The number of nitrogens with zero attached hydrogens (tertiary/aromatic N) is 7. The molecule has 0 saturated carbocycles. The number of amides is 4. The summed E-state index contributed by atoms with van der Waals surface area (Å²) >= 11 is 6.65. The Morgan fingerprint density at radius 2 is 1.52 bits per heavy atom. The Morgan fingerprint density at radius 3 is 2.18 bits per heavy atom. The molecule has 16 nitrogen and oxygen atoms in total. The molecule has 332 valence electrons. The number of rotatable bonds is 11. The molecule has 0 radical (unpaired) electrons. The van der Waals surface area contributed by atoms with Crippen LogP contribution in [0, 0.1) is 5.82 Å². The summed E-state index contributed by atoms with van der Waals surface area (Å²) in [4.78, 5) is 65.1. The molecule has 5 heterocycles. The van der Waals surface area contributed by atoms with Gasteiger partial charge in [0.1, 0.15) is 29.8 Å². The molecular weight excluding hydrogens is 874 g/mol. The molecule has 19 heteroatoms. The van der Waals surface area contributed by atoms with E-state index in [1.807, 2.05) is 78.8 Å². The average molecular weight is 917 g/mol. The van der Waals surface area contributed by atoms with Gasteiger partial charge < -0.3 is 29.7 Å². The fourth-order valence-electron chi connectivity index (χ4n) is 8.45. The number of anilines is 6. The summed E-state index contributed by atoms with van der Waals surface area (Å²) in [7, 11) is 0.603. The molecule has 0 bridgehead atoms. The summed E-state index contributed by atoms with van der Waals surface area (Å²) in [6.45, 7) is 5.05. The number of ether oxygens (including phenoxy) is 1. The maximum absolute atomic E-state index is 15.8. The number of halogens is 2. The molecule has 1 atom stereocenters. The van der Waals surface area contributed by atoms with Gasteiger partial charge in [0.05, 0.1) is 47.7 Å². The van der Waals surface area contributed by atoms with E-state index in [9.17, 15) is 23.7 Å². The smallest absolute Gasteiger partial charge is 0.262 e. The highest BCUT2D eigenvalue weighted by molar-refractivity contribution is 7.70. The number of methoxy groups -OCH3 is 1. The number of benzene rings is 4. The molecule has 2 fully saturated rings. The first kappa shape index (κ1) is 43.2. The number of hydrogen-bond acceptors (Lipinski definition) is 13. The molecule has 2 aromatic heterocycles. The summed E-state index contributed by atoms with van der Waals surface area (Å²) in [6.07, 6.45) is 5.10. The average Bonchev–Trinajstić information content (AvgIpc) is 3.83. The molecule has 3 aliphatic rings. The molecule has 0 aliphatic carbocycles. The summed E-state index contributed by atoms with van der Waals surface area (Å²) in [5, 5.41) is 14.1. The third-order valence-corrected chi connectivity index (χ3v) is 13.5. The highest BCUT2D eigenvalue weighted by atomic mass is 35.5. The van der Waals surface area contributed by atoms with Gasteiger partial charge in [0.25, 0.3) is 11.8 Å². The van der Waals surface area contributed by atoms with Crippen molar-refractivity contribution in [2.75, 3.05) is 67.1 Å². The number of nitrogens with one attached hydrogen (secondary N) is 3. The first-order valence-corrected chi connectivity index (χ1v) is 23.7. The lowest BCUT2D eigenvalue weighted by Gasteiger charge is -2.38. The minimum atomic E-state index is -2.78. The van der Waals surface area contributed by atoms with E-state index in [4.69, 9.17) is 21.3 Å². The van der Waals surface area contributed by atoms with Crippen molar-refractivity contribution in [1.82, 2.24) is 30.0 Å². The number of aryl methyl sites for hydroxylation is 1. The number of carbonyl (C=O) groups excluding carboxylic acids is 4. The van der Waals surface area contributed by atoms with E-state index >= 15 is 4.39 Å². The highest BCUT2D eigenvalue weighted by Crippen LogP contribution is 2.43. The van der Waals surface area contributed by atoms with E-state index in [-0.39, 0.29) is 40.6 Å². The van der Waals surface area contributed by atoms with E-state index in [1.165, 1.54) is 12.3 Å². The second-order valence-electron chi connectivity index (χ2n) is 16.3. The van der Waals surface area contributed by atoms with Crippen LogP contribution in [0.3, 0.4) is 0 Å². The zero-order chi connectivity index (χ0) is 45.7. The second-order valence-corrected chi connectivity index (χ2v) is 19.9. The number of fused-ring (bicyclic) bond motifs is 1. The fourth-order valence-corrected chi connectivity index (χ4v) is 9.75. The Bertz CT molecular complexity index is 2970. The lowest BCUT2D eigenvalue weighted by atomic mass is 10.0. The molecule has 2 saturated heterocycles. The topological polar surface area (TPSA) is 184 Å². The molecule has 1 unspecified atom stereocenters. The Labute approximate surface area is 378 Å². The van der Waals surface area contributed by atoms with Crippen molar-refractivity contribution in [3.8, 4) is 28.0 Å². The van der Waals surface area contributed by atoms with Gasteiger partial charge in [-0.05, 0) is 61.2 Å². The van der Waals surface area contributed by atoms with Gasteiger partial charge in [-0.3, -0.25) is 34.1 Å². The summed E-state index contributed by atoms with van der Waals surface area (Å²) in [5.74, 6) is -2.36. The summed E-state index contributed by atoms with van der Waals surface area (Å²) in [6, 6.07) is 20.7. The number of imide groups is 2. The van der Waals surface area contributed by atoms with Crippen LogP contribution >= 0.6 is 18.7 Å². The van der Waals surface area contributed by atoms with Gasteiger partial charge in [0, 0.05) is 74.0 Å². The van der Waals surface area contributed by atoms with E-state index in [2.05, 4.69) is 30.9 Å². The van der Waals surface area contributed by atoms with Gasteiger partial charge in [-0.1, -0.05) is 48.0 Å². The highest BCUT2D eigenvalue weighted by Gasteiger charge is 2.45. The van der Waals surface area contributed by atoms with Crippen LogP contribution < -0.4 is 35.8 Å². The SMILES string of the molecule is COc1cc(N2CCN(c3cc4c(cc3F)C(=O)N(C3CCC(=O)NC3=O)C4=O)CC2)c(-c2cnn(C)c2)cc1Nc1ncc(Cl)c(Nc2ccc(-c3ccccc3)cc2P(C)(C)=O)n1. The van der Waals surface area contributed by atoms with Gasteiger partial charge >= 0.3 is 0 Å². The van der Waals surface area contributed by atoms with Gasteiger partial charge in [0.2, 0.25) is 17.8 Å².